The molecule has 0 saturated heterocycles. The first-order valence-electron chi connectivity index (χ1n) is 8.12. The molecule has 1 N–H and O–H groups in total. The van der Waals surface area contributed by atoms with Gasteiger partial charge in [0, 0.05) is 36.0 Å². The average molecular weight is 366 g/mol. The summed E-state index contributed by atoms with van der Waals surface area (Å²) in [5.41, 5.74) is 0.879. The summed E-state index contributed by atoms with van der Waals surface area (Å²) in [4.78, 5) is 12.7. The van der Waals surface area contributed by atoms with Crippen LogP contribution in [0.25, 0.3) is 33.4 Å². The van der Waals surface area contributed by atoms with Crippen LogP contribution in [0.1, 0.15) is 0 Å². The molecular formula is C20H13F3N4. The Balaban J connectivity index is 1.97. The van der Waals surface area contributed by atoms with E-state index in [0.717, 1.165) is 12.1 Å². The van der Waals surface area contributed by atoms with Crippen LogP contribution >= 0.6 is 0 Å². The molecule has 4 aromatic rings. The van der Waals surface area contributed by atoms with Crippen molar-refractivity contribution in [3.63, 3.8) is 0 Å². The second-order valence-electron chi connectivity index (χ2n) is 5.84. The summed E-state index contributed by atoms with van der Waals surface area (Å²) >= 11 is 0. The molecule has 0 spiro atoms. The van der Waals surface area contributed by atoms with Gasteiger partial charge in [-0.3, -0.25) is 4.98 Å². The fourth-order valence-corrected chi connectivity index (χ4v) is 2.89. The lowest BCUT2D eigenvalue weighted by atomic mass is 10.0. The molecule has 0 aliphatic heterocycles. The van der Waals surface area contributed by atoms with E-state index < -0.39 is 17.5 Å². The van der Waals surface area contributed by atoms with E-state index in [2.05, 4.69) is 20.3 Å². The molecule has 4 nitrogen and oxygen atoms in total. The fourth-order valence-electron chi connectivity index (χ4n) is 2.89. The van der Waals surface area contributed by atoms with E-state index in [0.29, 0.717) is 22.6 Å². The Morgan fingerprint density at radius 3 is 2.48 bits per heavy atom. The van der Waals surface area contributed by atoms with Crippen molar-refractivity contribution in [1.82, 2.24) is 15.0 Å². The van der Waals surface area contributed by atoms with E-state index in [4.69, 9.17) is 0 Å². The number of nitrogens with zero attached hydrogens (tertiary/aromatic N) is 3. The van der Waals surface area contributed by atoms with Crippen molar-refractivity contribution >= 4 is 16.7 Å². The molecule has 2 heterocycles. The third kappa shape index (κ3) is 2.97. The zero-order valence-corrected chi connectivity index (χ0v) is 14.2. The lowest BCUT2D eigenvalue weighted by Gasteiger charge is -2.11. The van der Waals surface area contributed by atoms with Crippen LogP contribution in [0, 0.1) is 17.5 Å². The normalized spacial score (nSPS) is 11.0. The predicted molar refractivity (Wildman–Crippen MR) is 97.6 cm³/mol. The molecular weight excluding hydrogens is 353 g/mol. The average Bonchev–Trinajstić information content (AvgIpc) is 2.70. The molecule has 0 aliphatic rings. The molecule has 7 heteroatoms. The molecule has 27 heavy (non-hydrogen) atoms. The summed E-state index contributed by atoms with van der Waals surface area (Å²) in [7, 11) is 1.64. The highest BCUT2D eigenvalue weighted by Crippen LogP contribution is 2.32. The van der Waals surface area contributed by atoms with Gasteiger partial charge in [0.15, 0.2) is 17.5 Å². The number of nitrogens with one attached hydrogen (secondary N) is 1. The fraction of sp³-hybridized carbons (Fsp3) is 0.0500. The highest BCUT2D eigenvalue weighted by Gasteiger charge is 2.17. The lowest BCUT2D eigenvalue weighted by molar-refractivity contribution is 0.511. The van der Waals surface area contributed by atoms with Crippen molar-refractivity contribution < 1.29 is 13.2 Å². The van der Waals surface area contributed by atoms with Crippen LogP contribution in [0.3, 0.4) is 0 Å². The number of hydrogen-bond acceptors (Lipinski definition) is 4. The summed E-state index contributed by atoms with van der Waals surface area (Å²) in [6, 6.07) is 9.95. The molecule has 0 atom stereocenters. The van der Waals surface area contributed by atoms with E-state index >= 15 is 0 Å². The molecule has 0 saturated carbocycles. The van der Waals surface area contributed by atoms with Gasteiger partial charge in [0.2, 0.25) is 0 Å². The zero-order valence-electron chi connectivity index (χ0n) is 14.2. The van der Waals surface area contributed by atoms with Crippen molar-refractivity contribution in [3.8, 4) is 22.5 Å². The Morgan fingerprint density at radius 1 is 0.889 bits per heavy atom. The van der Waals surface area contributed by atoms with Gasteiger partial charge in [-0.2, -0.15) is 0 Å². The standard InChI is InChI=1S/C20H13F3N4/c1-24-20-14-8-12(13-5-2-6-15(21)17(13)23)9-16(22)18(14)26-19(27-20)11-4-3-7-25-10-11/h2-10H,1H3,(H,24,26,27). The molecule has 134 valence electrons. The Hall–Kier alpha value is -3.48. The van der Waals surface area contributed by atoms with Crippen molar-refractivity contribution in [2.24, 2.45) is 0 Å². The second-order valence-corrected chi connectivity index (χ2v) is 5.84. The first-order chi connectivity index (χ1) is 13.1. The molecule has 0 aliphatic carbocycles. The summed E-state index contributed by atoms with van der Waals surface area (Å²) in [6.07, 6.45) is 3.19. The number of rotatable bonds is 3. The monoisotopic (exact) mass is 366 g/mol. The van der Waals surface area contributed by atoms with Gasteiger partial charge in [0.25, 0.3) is 0 Å². The van der Waals surface area contributed by atoms with Crippen LogP contribution in [-0.2, 0) is 0 Å². The van der Waals surface area contributed by atoms with Gasteiger partial charge >= 0.3 is 0 Å². The number of halogens is 3. The van der Waals surface area contributed by atoms with Crippen LogP contribution in [0.15, 0.2) is 54.9 Å². The van der Waals surface area contributed by atoms with Crippen LogP contribution in [0.4, 0.5) is 19.0 Å². The first-order valence-corrected chi connectivity index (χ1v) is 8.12. The SMILES string of the molecule is CNc1nc(-c2cccnc2)nc2c(F)cc(-c3cccc(F)c3F)cc12. The van der Waals surface area contributed by atoms with Crippen molar-refractivity contribution in [3.05, 3.63) is 72.3 Å². The Labute approximate surface area is 152 Å². The minimum atomic E-state index is -1.03. The van der Waals surface area contributed by atoms with Crippen LogP contribution in [0.5, 0.6) is 0 Å². The molecule has 2 aromatic heterocycles. The second kappa shape index (κ2) is 6.68. The van der Waals surface area contributed by atoms with Crippen LogP contribution < -0.4 is 5.32 Å². The van der Waals surface area contributed by atoms with Crippen molar-refractivity contribution in [1.29, 1.82) is 0 Å². The smallest absolute Gasteiger partial charge is 0.166 e. The number of anilines is 1. The third-order valence-corrected chi connectivity index (χ3v) is 4.17. The Morgan fingerprint density at radius 2 is 1.74 bits per heavy atom. The summed E-state index contributed by atoms with van der Waals surface area (Å²) < 4.78 is 42.5. The van der Waals surface area contributed by atoms with Crippen molar-refractivity contribution in [2.45, 2.75) is 0 Å². The van der Waals surface area contributed by atoms with Gasteiger partial charge in [-0.05, 0) is 35.9 Å². The topological polar surface area (TPSA) is 50.7 Å². The maximum atomic E-state index is 14.8. The molecule has 0 amide bonds. The van der Waals surface area contributed by atoms with Gasteiger partial charge in [-0.15, -0.1) is 0 Å². The molecule has 0 radical (unpaired) electrons. The quantitative estimate of drug-likeness (QED) is 0.565. The van der Waals surface area contributed by atoms with E-state index in [9.17, 15) is 13.2 Å². The summed E-state index contributed by atoms with van der Waals surface area (Å²) in [6.45, 7) is 0. The maximum Gasteiger partial charge on any atom is 0.166 e. The number of hydrogen-bond donors (Lipinski definition) is 1. The Bertz CT molecular complexity index is 1150. The van der Waals surface area contributed by atoms with Gasteiger partial charge in [0.1, 0.15) is 17.2 Å². The zero-order chi connectivity index (χ0) is 19.0. The van der Waals surface area contributed by atoms with E-state index in [1.165, 1.54) is 18.2 Å². The molecule has 0 unspecified atom stereocenters. The first kappa shape index (κ1) is 17.0. The number of benzene rings is 2. The predicted octanol–water partition coefficient (Wildman–Crippen LogP) is 4.82. The van der Waals surface area contributed by atoms with Crippen LogP contribution in [-0.4, -0.2) is 22.0 Å². The van der Waals surface area contributed by atoms with E-state index in [1.54, 1.807) is 31.6 Å². The summed E-state index contributed by atoms with van der Waals surface area (Å²) in [5.74, 6) is -2.00. The van der Waals surface area contributed by atoms with Gasteiger partial charge in [-0.25, -0.2) is 23.1 Å². The molecule has 0 bridgehead atoms. The van der Waals surface area contributed by atoms with E-state index in [-0.39, 0.29) is 16.6 Å². The highest BCUT2D eigenvalue weighted by molar-refractivity contribution is 5.94. The Kier molecular flexibility index (Phi) is 4.19. The highest BCUT2D eigenvalue weighted by atomic mass is 19.2. The van der Waals surface area contributed by atoms with Gasteiger partial charge in [0.05, 0.1) is 0 Å². The van der Waals surface area contributed by atoms with Gasteiger partial charge in [-0.1, -0.05) is 12.1 Å². The van der Waals surface area contributed by atoms with Crippen molar-refractivity contribution in [2.75, 3.05) is 12.4 Å². The largest absolute Gasteiger partial charge is 0.373 e. The lowest BCUT2D eigenvalue weighted by Crippen LogP contribution is -2.01. The number of aromatic nitrogens is 3. The number of pyridine rings is 1. The summed E-state index contributed by atoms with van der Waals surface area (Å²) in [5, 5.41) is 3.27. The number of fused-ring (bicyclic) bond motifs is 1. The molecule has 2 aromatic carbocycles. The van der Waals surface area contributed by atoms with Gasteiger partial charge < -0.3 is 5.32 Å². The van der Waals surface area contributed by atoms with Crippen LogP contribution in [0.2, 0.25) is 0 Å². The molecule has 4 rings (SSSR count). The third-order valence-electron chi connectivity index (χ3n) is 4.17. The maximum absolute atomic E-state index is 14.8. The minimum Gasteiger partial charge on any atom is -0.373 e. The minimum absolute atomic E-state index is 0.0332. The van der Waals surface area contributed by atoms with E-state index in [1.807, 2.05) is 0 Å². The molecule has 0 fully saturated rings.